The van der Waals surface area contributed by atoms with Crippen molar-refractivity contribution in [3.63, 3.8) is 0 Å². The number of nitrogens with zero attached hydrogens (tertiary/aromatic N) is 2. The summed E-state index contributed by atoms with van der Waals surface area (Å²) in [6.07, 6.45) is 0. The average molecular weight is 279 g/mol. The fourth-order valence-electron chi connectivity index (χ4n) is 1.90. The minimum Gasteiger partial charge on any atom is -0.313 e. The summed E-state index contributed by atoms with van der Waals surface area (Å²) in [5, 5.41) is 8.82. The Kier molecular flexibility index (Phi) is 4.61. The molecule has 0 fully saturated rings. The Morgan fingerprint density at radius 1 is 1.42 bits per heavy atom. The van der Waals surface area contributed by atoms with Crippen LogP contribution in [0.5, 0.6) is 0 Å². The highest BCUT2D eigenvalue weighted by atomic mass is 32.2. The van der Waals surface area contributed by atoms with Crippen LogP contribution in [-0.2, 0) is 13.6 Å². The number of halogens is 1. The fraction of sp³-hybridized carbons (Fsp3) is 0.357. The van der Waals surface area contributed by atoms with Gasteiger partial charge in [-0.2, -0.15) is 5.10 Å². The van der Waals surface area contributed by atoms with Crippen LogP contribution in [0, 0.1) is 12.7 Å². The Bertz CT molecular complexity index is 566. The lowest BCUT2D eigenvalue weighted by atomic mass is 10.2. The number of hydrogen-bond donors (Lipinski definition) is 1. The van der Waals surface area contributed by atoms with Crippen molar-refractivity contribution in [1.29, 1.82) is 0 Å². The van der Waals surface area contributed by atoms with E-state index in [1.54, 1.807) is 23.9 Å². The second-order valence-corrected chi connectivity index (χ2v) is 5.39. The molecule has 0 atom stereocenters. The molecule has 0 saturated heterocycles. The zero-order valence-electron chi connectivity index (χ0n) is 11.4. The first-order valence-corrected chi connectivity index (χ1v) is 7.10. The summed E-state index contributed by atoms with van der Waals surface area (Å²) < 4.78 is 15.1. The van der Waals surface area contributed by atoms with Gasteiger partial charge in [0.1, 0.15) is 10.8 Å². The monoisotopic (exact) mass is 279 g/mol. The van der Waals surface area contributed by atoms with E-state index < -0.39 is 0 Å². The van der Waals surface area contributed by atoms with Crippen molar-refractivity contribution < 1.29 is 4.39 Å². The standard InChI is InChI=1S/C14H18FN3S/c1-4-16-9-13-10(2)17-18(3)14(13)19-12-7-5-6-11(15)8-12/h5-8,16H,4,9H2,1-3H3. The molecule has 2 rings (SSSR count). The lowest BCUT2D eigenvalue weighted by Gasteiger charge is -2.07. The SMILES string of the molecule is CCNCc1c(C)nn(C)c1Sc1cccc(F)c1. The zero-order chi connectivity index (χ0) is 13.8. The Labute approximate surface area is 117 Å². The number of nitrogens with one attached hydrogen (secondary N) is 1. The van der Waals surface area contributed by atoms with Crippen LogP contribution in [0.1, 0.15) is 18.2 Å². The Balaban J connectivity index is 2.28. The van der Waals surface area contributed by atoms with Crippen LogP contribution in [0.4, 0.5) is 4.39 Å². The van der Waals surface area contributed by atoms with Gasteiger partial charge in [-0.1, -0.05) is 24.8 Å². The third kappa shape index (κ3) is 3.36. The van der Waals surface area contributed by atoms with E-state index in [0.29, 0.717) is 0 Å². The fourth-order valence-corrected chi connectivity index (χ4v) is 2.96. The first kappa shape index (κ1) is 14.1. The Morgan fingerprint density at radius 3 is 2.89 bits per heavy atom. The Hall–Kier alpha value is -1.33. The van der Waals surface area contributed by atoms with E-state index in [2.05, 4.69) is 17.3 Å². The molecular formula is C14H18FN3S. The zero-order valence-corrected chi connectivity index (χ0v) is 12.2. The molecule has 1 N–H and O–H groups in total. The molecule has 0 spiro atoms. The normalized spacial score (nSPS) is 10.9. The van der Waals surface area contributed by atoms with Crippen molar-refractivity contribution in [2.24, 2.45) is 7.05 Å². The molecule has 0 unspecified atom stereocenters. The van der Waals surface area contributed by atoms with E-state index >= 15 is 0 Å². The highest BCUT2D eigenvalue weighted by Gasteiger charge is 2.14. The van der Waals surface area contributed by atoms with Gasteiger partial charge in [0.15, 0.2) is 0 Å². The van der Waals surface area contributed by atoms with Crippen LogP contribution in [0.2, 0.25) is 0 Å². The van der Waals surface area contributed by atoms with Crippen LogP contribution in [0.15, 0.2) is 34.2 Å². The maximum atomic E-state index is 13.2. The van der Waals surface area contributed by atoms with Crippen molar-refractivity contribution in [3.05, 3.63) is 41.3 Å². The van der Waals surface area contributed by atoms with E-state index in [9.17, 15) is 4.39 Å². The summed E-state index contributed by atoms with van der Waals surface area (Å²) in [5.74, 6) is -0.211. The summed E-state index contributed by atoms with van der Waals surface area (Å²) in [6, 6.07) is 6.64. The molecule has 0 bridgehead atoms. The van der Waals surface area contributed by atoms with Gasteiger partial charge in [0.05, 0.1) is 5.69 Å². The summed E-state index contributed by atoms with van der Waals surface area (Å²) in [7, 11) is 1.92. The number of aromatic nitrogens is 2. The molecule has 0 radical (unpaired) electrons. The van der Waals surface area contributed by atoms with E-state index in [4.69, 9.17) is 0 Å². The predicted molar refractivity (Wildman–Crippen MR) is 75.8 cm³/mol. The van der Waals surface area contributed by atoms with Gasteiger partial charge in [0.25, 0.3) is 0 Å². The molecule has 19 heavy (non-hydrogen) atoms. The molecule has 0 amide bonds. The van der Waals surface area contributed by atoms with Gasteiger partial charge < -0.3 is 5.32 Å². The van der Waals surface area contributed by atoms with Gasteiger partial charge in [0.2, 0.25) is 0 Å². The van der Waals surface area contributed by atoms with Crippen LogP contribution in [0.25, 0.3) is 0 Å². The topological polar surface area (TPSA) is 29.9 Å². The maximum absolute atomic E-state index is 13.2. The smallest absolute Gasteiger partial charge is 0.124 e. The number of aryl methyl sites for hydroxylation is 2. The average Bonchev–Trinajstić information content (AvgIpc) is 2.62. The van der Waals surface area contributed by atoms with E-state index in [1.807, 2.05) is 24.7 Å². The number of rotatable bonds is 5. The molecule has 1 heterocycles. The van der Waals surface area contributed by atoms with E-state index in [1.165, 1.54) is 11.6 Å². The largest absolute Gasteiger partial charge is 0.313 e. The summed E-state index contributed by atoms with van der Waals surface area (Å²) in [6.45, 7) is 5.78. The molecule has 0 aliphatic rings. The molecule has 0 aliphatic heterocycles. The quantitative estimate of drug-likeness (QED) is 0.912. The number of benzene rings is 1. The van der Waals surface area contributed by atoms with Crippen LogP contribution < -0.4 is 5.32 Å². The number of hydrogen-bond acceptors (Lipinski definition) is 3. The molecule has 0 aliphatic carbocycles. The molecule has 102 valence electrons. The van der Waals surface area contributed by atoms with Gasteiger partial charge >= 0.3 is 0 Å². The van der Waals surface area contributed by atoms with Crippen LogP contribution >= 0.6 is 11.8 Å². The molecule has 1 aromatic carbocycles. The van der Waals surface area contributed by atoms with Gasteiger partial charge in [-0.15, -0.1) is 0 Å². The molecule has 3 nitrogen and oxygen atoms in total. The van der Waals surface area contributed by atoms with Gasteiger partial charge in [0, 0.05) is 24.1 Å². The van der Waals surface area contributed by atoms with Crippen molar-refractivity contribution in [2.45, 2.75) is 30.3 Å². The highest BCUT2D eigenvalue weighted by Crippen LogP contribution is 2.31. The van der Waals surface area contributed by atoms with Crippen molar-refractivity contribution >= 4 is 11.8 Å². The first-order chi connectivity index (χ1) is 9.11. The lowest BCUT2D eigenvalue weighted by molar-refractivity contribution is 0.624. The van der Waals surface area contributed by atoms with Gasteiger partial charge in [-0.25, -0.2) is 4.39 Å². The second-order valence-electron chi connectivity index (χ2n) is 4.33. The summed E-state index contributed by atoms with van der Waals surface area (Å²) >= 11 is 1.55. The minimum absolute atomic E-state index is 0.211. The highest BCUT2D eigenvalue weighted by molar-refractivity contribution is 7.99. The lowest BCUT2D eigenvalue weighted by Crippen LogP contribution is -2.12. The van der Waals surface area contributed by atoms with E-state index in [0.717, 1.165) is 28.7 Å². The Morgan fingerprint density at radius 2 is 2.21 bits per heavy atom. The third-order valence-corrected chi connectivity index (χ3v) is 4.04. The maximum Gasteiger partial charge on any atom is 0.124 e. The third-order valence-electron chi connectivity index (χ3n) is 2.85. The summed E-state index contributed by atoms with van der Waals surface area (Å²) in [4.78, 5) is 0.890. The predicted octanol–water partition coefficient (Wildman–Crippen LogP) is 3.13. The molecule has 2 aromatic rings. The first-order valence-electron chi connectivity index (χ1n) is 6.28. The molecule has 0 saturated carbocycles. The molecular weight excluding hydrogens is 261 g/mol. The van der Waals surface area contributed by atoms with Crippen LogP contribution in [-0.4, -0.2) is 16.3 Å². The minimum atomic E-state index is -0.211. The van der Waals surface area contributed by atoms with Gasteiger partial charge in [-0.3, -0.25) is 4.68 Å². The van der Waals surface area contributed by atoms with E-state index in [-0.39, 0.29) is 5.82 Å². The van der Waals surface area contributed by atoms with Crippen molar-refractivity contribution in [1.82, 2.24) is 15.1 Å². The van der Waals surface area contributed by atoms with Crippen LogP contribution in [0.3, 0.4) is 0 Å². The van der Waals surface area contributed by atoms with Crippen molar-refractivity contribution in [2.75, 3.05) is 6.54 Å². The molecule has 5 heteroatoms. The second kappa shape index (κ2) is 6.21. The molecule has 1 aromatic heterocycles. The summed E-state index contributed by atoms with van der Waals surface area (Å²) in [5.41, 5.74) is 2.20. The van der Waals surface area contributed by atoms with Crippen molar-refractivity contribution in [3.8, 4) is 0 Å². The van der Waals surface area contributed by atoms with Gasteiger partial charge in [-0.05, 0) is 31.7 Å².